The molecule has 0 radical (unpaired) electrons. The van der Waals surface area contributed by atoms with E-state index in [0.29, 0.717) is 5.52 Å². The zero-order chi connectivity index (χ0) is 12.8. The molecule has 9 heteroatoms. The summed E-state index contributed by atoms with van der Waals surface area (Å²) >= 11 is 2.99. The van der Waals surface area contributed by atoms with Crippen LogP contribution in [0.4, 0.5) is 8.78 Å². The van der Waals surface area contributed by atoms with E-state index in [1.165, 1.54) is 6.07 Å². The van der Waals surface area contributed by atoms with Crippen molar-refractivity contribution in [3.05, 3.63) is 22.4 Å². The quantitative estimate of drug-likeness (QED) is 0.850. The van der Waals surface area contributed by atoms with Crippen molar-refractivity contribution in [3.8, 4) is 0 Å². The second kappa shape index (κ2) is 4.18. The highest BCUT2D eigenvalue weighted by Gasteiger charge is 2.25. The zero-order valence-electron chi connectivity index (χ0n) is 7.92. The highest BCUT2D eigenvalue weighted by molar-refractivity contribution is 9.10. The lowest BCUT2D eigenvalue weighted by Gasteiger charge is -2.06. The molecule has 0 bridgehead atoms. The van der Waals surface area contributed by atoms with Gasteiger partial charge in [0.2, 0.25) is 0 Å². The molecule has 0 fully saturated rings. The van der Waals surface area contributed by atoms with Crippen LogP contribution in [0.2, 0.25) is 0 Å². The standard InChI is InChI=1S/C8H4BrClF2N2O2S/c9-8-13-3-1-2-4(17(10,15)16)5(7(11)12)6(3)14-8/h1-2,7H,(H,13,14). The summed E-state index contributed by atoms with van der Waals surface area (Å²) < 4.78 is 48.4. The summed E-state index contributed by atoms with van der Waals surface area (Å²) in [5.41, 5.74) is -0.510. The molecule has 0 aliphatic rings. The maximum atomic E-state index is 12.9. The van der Waals surface area contributed by atoms with Gasteiger partial charge in [-0.05, 0) is 28.1 Å². The molecule has 1 aromatic carbocycles. The molecule has 2 aromatic rings. The van der Waals surface area contributed by atoms with Gasteiger partial charge in [0.05, 0.1) is 21.5 Å². The number of rotatable bonds is 2. The van der Waals surface area contributed by atoms with Crippen LogP contribution in [0.5, 0.6) is 0 Å². The molecule has 0 unspecified atom stereocenters. The smallest absolute Gasteiger partial charge is 0.267 e. The van der Waals surface area contributed by atoms with Crippen LogP contribution in [0.3, 0.4) is 0 Å². The first kappa shape index (κ1) is 12.7. The molecule has 1 heterocycles. The maximum absolute atomic E-state index is 12.9. The van der Waals surface area contributed by atoms with Crippen LogP contribution in [0, 0.1) is 0 Å². The van der Waals surface area contributed by atoms with Crippen molar-refractivity contribution in [3.63, 3.8) is 0 Å². The van der Waals surface area contributed by atoms with Gasteiger partial charge in [-0.25, -0.2) is 22.2 Å². The number of hydrogen-bond donors (Lipinski definition) is 1. The van der Waals surface area contributed by atoms with Crippen molar-refractivity contribution in [2.24, 2.45) is 0 Å². The first-order valence-corrected chi connectivity index (χ1v) is 7.32. The Labute approximate surface area is 108 Å². The van der Waals surface area contributed by atoms with Crippen LogP contribution in [-0.4, -0.2) is 18.4 Å². The minimum absolute atomic E-state index is 0.117. The normalized spacial score (nSPS) is 12.5. The number of imidazole rings is 1. The van der Waals surface area contributed by atoms with Crippen molar-refractivity contribution in [1.29, 1.82) is 0 Å². The number of halogens is 4. The fourth-order valence-corrected chi connectivity index (χ4v) is 2.95. The Hall–Kier alpha value is -0.730. The van der Waals surface area contributed by atoms with E-state index < -0.39 is 25.9 Å². The molecular formula is C8H4BrClF2N2O2S. The van der Waals surface area contributed by atoms with Crippen molar-refractivity contribution >= 4 is 46.7 Å². The first-order chi connectivity index (χ1) is 7.80. The lowest BCUT2D eigenvalue weighted by molar-refractivity contribution is 0.149. The van der Waals surface area contributed by atoms with Crippen molar-refractivity contribution in [2.75, 3.05) is 0 Å². The van der Waals surface area contributed by atoms with Crippen molar-refractivity contribution < 1.29 is 17.2 Å². The first-order valence-electron chi connectivity index (χ1n) is 4.21. The van der Waals surface area contributed by atoms with Gasteiger partial charge in [0.25, 0.3) is 15.5 Å². The molecule has 0 aliphatic carbocycles. The Morgan fingerprint density at radius 1 is 1.41 bits per heavy atom. The van der Waals surface area contributed by atoms with Crippen LogP contribution >= 0.6 is 26.6 Å². The van der Waals surface area contributed by atoms with Crippen molar-refractivity contribution in [2.45, 2.75) is 11.3 Å². The van der Waals surface area contributed by atoms with Crippen LogP contribution < -0.4 is 0 Å². The molecule has 2 rings (SSSR count). The van der Waals surface area contributed by atoms with Crippen LogP contribution in [-0.2, 0) is 9.05 Å². The average molecular weight is 346 g/mol. The van der Waals surface area contributed by atoms with Gasteiger partial charge in [0.1, 0.15) is 0 Å². The molecule has 17 heavy (non-hydrogen) atoms. The zero-order valence-corrected chi connectivity index (χ0v) is 11.1. The molecule has 0 amide bonds. The van der Waals surface area contributed by atoms with E-state index in [1.807, 2.05) is 0 Å². The fourth-order valence-electron chi connectivity index (χ4n) is 1.47. The minimum atomic E-state index is -4.24. The van der Waals surface area contributed by atoms with E-state index >= 15 is 0 Å². The SMILES string of the molecule is O=S(=O)(Cl)c1ccc2[nH]c(Br)nc2c1C(F)F. The summed E-state index contributed by atoms with van der Waals surface area (Å²) in [5.74, 6) is 0. The van der Waals surface area contributed by atoms with E-state index in [2.05, 4.69) is 25.9 Å². The number of H-pyrrole nitrogens is 1. The highest BCUT2D eigenvalue weighted by atomic mass is 79.9. The number of alkyl halides is 2. The van der Waals surface area contributed by atoms with Gasteiger partial charge in [-0.3, -0.25) is 0 Å². The van der Waals surface area contributed by atoms with E-state index in [0.717, 1.165) is 6.07 Å². The number of aromatic amines is 1. The highest BCUT2D eigenvalue weighted by Crippen LogP contribution is 2.34. The van der Waals surface area contributed by atoms with Gasteiger partial charge in [0.15, 0.2) is 4.73 Å². The minimum Gasteiger partial charge on any atom is -0.332 e. The topological polar surface area (TPSA) is 62.8 Å². The maximum Gasteiger partial charge on any atom is 0.267 e. The summed E-state index contributed by atoms with van der Waals surface area (Å²) in [6.45, 7) is 0. The molecule has 0 saturated heterocycles. The second-order valence-electron chi connectivity index (χ2n) is 3.14. The summed E-state index contributed by atoms with van der Waals surface area (Å²) in [7, 11) is 0.866. The van der Waals surface area contributed by atoms with Crippen LogP contribution in [0.15, 0.2) is 21.8 Å². The summed E-state index contributed by atoms with van der Waals surface area (Å²) in [5, 5.41) is 0. The Kier molecular flexibility index (Phi) is 3.13. The molecule has 92 valence electrons. The van der Waals surface area contributed by atoms with E-state index in [9.17, 15) is 17.2 Å². The summed E-state index contributed by atoms with van der Waals surface area (Å²) in [6, 6.07) is 2.35. The number of nitrogens with zero attached hydrogens (tertiary/aromatic N) is 1. The number of hydrogen-bond acceptors (Lipinski definition) is 3. The number of nitrogens with one attached hydrogen (secondary N) is 1. The lowest BCUT2D eigenvalue weighted by atomic mass is 10.2. The predicted molar refractivity (Wildman–Crippen MR) is 61.8 cm³/mol. The summed E-state index contributed by atoms with van der Waals surface area (Å²) in [6.07, 6.45) is -2.99. The third kappa shape index (κ3) is 2.29. The molecule has 0 atom stereocenters. The molecular weight excluding hydrogens is 342 g/mol. The van der Waals surface area contributed by atoms with E-state index in [-0.39, 0.29) is 10.3 Å². The number of aromatic nitrogens is 2. The Morgan fingerprint density at radius 3 is 2.59 bits per heavy atom. The molecule has 1 aromatic heterocycles. The molecule has 0 saturated carbocycles. The van der Waals surface area contributed by atoms with Gasteiger partial charge < -0.3 is 4.98 Å². The number of benzene rings is 1. The van der Waals surface area contributed by atoms with E-state index in [1.54, 1.807) is 0 Å². The van der Waals surface area contributed by atoms with Gasteiger partial charge in [-0.15, -0.1) is 0 Å². The fraction of sp³-hybridized carbons (Fsp3) is 0.125. The largest absolute Gasteiger partial charge is 0.332 e. The van der Waals surface area contributed by atoms with E-state index in [4.69, 9.17) is 10.7 Å². The van der Waals surface area contributed by atoms with Gasteiger partial charge in [-0.1, -0.05) is 0 Å². The van der Waals surface area contributed by atoms with Gasteiger partial charge in [-0.2, -0.15) is 0 Å². The summed E-state index contributed by atoms with van der Waals surface area (Å²) in [4.78, 5) is 5.81. The number of fused-ring (bicyclic) bond motifs is 1. The van der Waals surface area contributed by atoms with Crippen molar-refractivity contribution in [1.82, 2.24) is 9.97 Å². The van der Waals surface area contributed by atoms with Crippen LogP contribution in [0.25, 0.3) is 11.0 Å². The molecule has 0 spiro atoms. The molecule has 1 N–H and O–H groups in total. The average Bonchev–Trinajstić information content (AvgIpc) is 2.53. The van der Waals surface area contributed by atoms with Gasteiger partial charge >= 0.3 is 0 Å². The lowest BCUT2D eigenvalue weighted by Crippen LogP contribution is -1.99. The predicted octanol–water partition coefficient (Wildman–Crippen LogP) is 3.19. The van der Waals surface area contributed by atoms with Gasteiger partial charge in [0, 0.05) is 10.7 Å². The Balaban J connectivity index is 2.91. The Morgan fingerprint density at radius 2 is 2.06 bits per heavy atom. The third-order valence-corrected chi connectivity index (χ3v) is 3.86. The molecule has 0 aliphatic heterocycles. The third-order valence-electron chi connectivity index (χ3n) is 2.11. The van der Waals surface area contributed by atoms with Crippen LogP contribution in [0.1, 0.15) is 12.0 Å². The Bertz CT molecular complexity index is 686. The second-order valence-corrected chi connectivity index (χ2v) is 6.43. The monoisotopic (exact) mass is 344 g/mol. The molecule has 4 nitrogen and oxygen atoms in total.